The summed E-state index contributed by atoms with van der Waals surface area (Å²) < 4.78 is 47.8. The zero-order chi connectivity index (χ0) is 20.0. The lowest BCUT2D eigenvalue weighted by molar-refractivity contribution is -0.137. The van der Waals surface area contributed by atoms with Crippen LogP contribution in [0.5, 0.6) is 6.01 Å². The molecule has 0 saturated heterocycles. The zero-order valence-corrected chi connectivity index (χ0v) is 14.6. The van der Waals surface area contributed by atoms with Crippen molar-refractivity contribution in [1.82, 2.24) is 15.3 Å². The molecule has 2 aromatic rings. The van der Waals surface area contributed by atoms with Crippen molar-refractivity contribution in [3.8, 4) is 6.01 Å². The third-order valence-electron chi connectivity index (χ3n) is 3.56. The van der Waals surface area contributed by atoms with Crippen LogP contribution in [0.1, 0.15) is 34.6 Å². The average molecular weight is 385 g/mol. The molecule has 1 amide bonds. The van der Waals surface area contributed by atoms with E-state index in [-0.39, 0.29) is 24.9 Å². The first-order chi connectivity index (χ1) is 12.7. The maximum absolute atomic E-state index is 12.6. The molecule has 0 aliphatic carbocycles. The number of nitrogens with zero attached hydrogens (tertiary/aromatic N) is 1. The van der Waals surface area contributed by atoms with Gasteiger partial charge in [0, 0.05) is 13.2 Å². The predicted molar refractivity (Wildman–Crippen MR) is 89.6 cm³/mol. The molecule has 0 saturated carbocycles. The first-order valence-electron chi connectivity index (χ1n) is 7.92. The third-order valence-corrected chi connectivity index (χ3v) is 3.56. The number of amides is 1. The minimum absolute atomic E-state index is 0.131. The molecule has 0 aliphatic heterocycles. The van der Waals surface area contributed by atoms with Gasteiger partial charge in [-0.15, -0.1) is 0 Å². The number of nitrogens with one attached hydrogen (secondary N) is 2. The molecule has 0 spiro atoms. The number of aromatic nitrogens is 2. The van der Waals surface area contributed by atoms with Crippen LogP contribution < -0.4 is 15.6 Å². The second-order valence-corrected chi connectivity index (χ2v) is 5.59. The first kappa shape index (κ1) is 20.4. The molecule has 1 atom stereocenters. The Morgan fingerprint density at radius 2 is 1.93 bits per heavy atom. The Bertz CT molecular complexity index is 835. The molecule has 1 unspecified atom stereocenters. The molecule has 1 heterocycles. The van der Waals surface area contributed by atoms with E-state index in [0.29, 0.717) is 5.56 Å². The van der Waals surface area contributed by atoms with Crippen LogP contribution in [0.15, 0.2) is 35.1 Å². The van der Waals surface area contributed by atoms with E-state index in [1.165, 1.54) is 19.2 Å². The quantitative estimate of drug-likeness (QED) is 0.714. The highest BCUT2D eigenvalue weighted by molar-refractivity contribution is 5.92. The smallest absolute Gasteiger partial charge is 0.416 e. The summed E-state index contributed by atoms with van der Waals surface area (Å²) in [6.45, 7) is 2.00. The van der Waals surface area contributed by atoms with E-state index in [1.807, 2.05) is 0 Å². The van der Waals surface area contributed by atoms with Gasteiger partial charge in [0.25, 0.3) is 17.5 Å². The van der Waals surface area contributed by atoms with Gasteiger partial charge in [-0.3, -0.25) is 14.6 Å². The van der Waals surface area contributed by atoms with Crippen molar-refractivity contribution in [2.75, 3.05) is 20.3 Å². The lowest BCUT2D eigenvalue weighted by Crippen LogP contribution is -2.29. The number of carbonyl (C=O) groups is 1. The summed E-state index contributed by atoms with van der Waals surface area (Å²) in [7, 11) is 1.48. The van der Waals surface area contributed by atoms with E-state index in [1.54, 1.807) is 6.92 Å². The summed E-state index contributed by atoms with van der Waals surface area (Å²) in [5.41, 5.74) is -1.06. The van der Waals surface area contributed by atoms with Gasteiger partial charge >= 0.3 is 6.18 Å². The number of H-pyrrole nitrogens is 1. The van der Waals surface area contributed by atoms with E-state index >= 15 is 0 Å². The lowest BCUT2D eigenvalue weighted by atomic mass is 10.1. The molecule has 146 valence electrons. The average Bonchev–Trinajstić information content (AvgIpc) is 2.61. The van der Waals surface area contributed by atoms with Crippen molar-refractivity contribution in [1.29, 1.82) is 0 Å². The summed E-state index contributed by atoms with van der Waals surface area (Å²) in [5.74, 6) is -0.662. The van der Waals surface area contributed by atoms with Crippen LogP contribution in [0.25, 0.3) is 0 Å². The normalized spacial score (nSPS) is 12.5. The molecule has 0 aliphatic rings. The van der Waals surface area contributed by atoms with Gasteiger partial charge in [0.15, 0.2) is 0 Å². The first-order valence-corrected chi connectivity index (χ1v) is 7.92. The van der Waals surface area contributed by atoms with E-state index in [2.05, 4.69) is 15.3 Å². The second-order valence-electron chi connectivity index (χ2n) is 5.59. The Morgan fingerprint density at radius 3 is 2.52 bits per heavy atom. The van der Waals surface area contributed by atoms with E-state index in [9.17, 15) is 22.8 Å². The largest absolute Gasteiger partial charge is 0.462 e. The molecule has 0 radical (unpaired) electrons. The summed E-state index contributed by atoms with van der Waals surface area (Å²) >= 11 is 0. The Morgan fingerprint density at radius 1 is 1.26 bits per heavy atom. The van der Waals surface area contributed by atoms with Crippen LogP contribution in [0.3, 0.4) is 0 Å². The van der Waals surface area contributed by atoms with Crippen LogP contribution in [-0.2, 0) is 10.9 Å². The van der Waals surface area contributed by atoms with Gasteiger partial charge in [0.2, 0.25) is 0 Å². The molecule has 0 bridgehead atoms. The number of methoxy groups -OCH3 is 1. The van der Waals surface area contributed by atoms with Crippen molar-refractivity contribution in [3.63, 3.8) is 0 Å². The maximum Gasteiger partial charge on any atom is 0.416 e. The molecule has 10 heteroatoms. The van der Waals surface area contributed by atoms with E-state index in [0.717, 1.165) is 18.2 Å². The highest BCUT2D eigenvalue weighted by Crippen LogP contribution is 2.29. The summed E-state index contributed by atoms with van der Waals surface area (Å²) in [4.78, 5) is 30.2. The number of halogens is 3. The second kappa shape index (κ2) is 8.67. The number of aromatic amines is 1. The fraction of sp³-hybridized carbons (Fsp3) is 0.353. The fourth-order valence-corrected chi connectivity index (χ4v) is 2.16. The van der Waals surface area contributed by atoms with Gasteiger partial charge in [-0.25, -0.2) is 0 Å². The Balaban J connectivity index is 2.08. The van der Waals surface area contributed by atoms with Crippen molar-refractivity contribution < 1.29 is 27.4 Å². The van der Waals surface area contributed by atoms with Gasteiger partial charge in [0.1, 0.15) is 12.3 Å². The number of carbonyl (C=O) groups excluding carboxylic acids is 1. The number of rotatable bonds is 7. The van der Waals surface area contributed by atoms with E-state index < -0.39 is 29.2 Å². The number of hydrogen-bond acceptors (Lipinski definition) is 5. The maximum atomic E-state index is 12.6. The molecule has 1 aromatic heterocycles. The van der Waals surface area contributed by atoms with Gasteiger partial charge < -0.3 is 14.8 Å². The standard InChI is InChI=1S/C17H18F3N3O4/c1-10(11-3-5-12(6-4-11)17(18,19)20)21-15(25)13-9-14(24)23-16(22-13)27-8-7-26-2/h3-6,9-10H,7-8H2,1-2H3,(H,21,25)(H,22,23,24). The highest BCUT2D eigenvalue weighted by Gasteiger charge is 2.30. The summed E-state index contributed by atoms with van der Waals surface area (Å²) in [6.07, 6.45) is -4.43. The van der Waals surface area contributed by atoms with Gasteiger partial charge in [-0.2, -0.15) is 18.2 Å². The minimum atomic E-state index is -4.43. The number of alkyl halides is 3. The van der Waals surface area contributed by atoms with Gasteiger partial charge in [0.05, 0.1) is 18.2 Å². The molecule has 2 rings (SSSR count). The number of benzene rings is 1. The van der Waals surface area contributed by atoms with Crippen LogP contribution in [0, 0.1) is 0 Å². The predicted octanol–water partition coefficient (Wildman–Crippen LogP) is 2.30. The van der Waals surface area contributed by atoms with Crippen LogP contribution >= 0.6 is 0 Å². The van der Waals surface area contributed by atoms with Crippen molar-refractivity contribution in [2.45, 2.75) is 19.1 Å². The van der Waals surface area contributed by atoms with Crippen molar-refractivity contribution in [3.05, 3.63) is 57.5 Å². The van der Waals surface area contributed by atoms with Crippen molar-refractivity contribution in [2.24, 2.45) is 0 Å². The van der Waals surface area contributed by atoms with Crippen LogP contribution in [0.2, 0.25) is 0 Å². The molecule has 0 fully saturated rings. The van der Waals surface area contributed by atoms with Gasteiger partial charge in [-0.05, 0) is 24.6 Å². The van der Waals surface area contributed by atoms with Crippen LogP contribution in [0.4, 0.5) is 13.2 Å². The Labute approximate surface area is 152 Å². The van der Waals surface area contributed by atoms with Gasteiger partial charge in [-0.1, -0.05) is 12.1 Å². The van der Waals surface area contributed by atoms with Crippen molar-refractivity contribution >= 4 is 5.91 Å². The third kappa shape index (κ3) is 5.81. The molecular formula is C17H18F3N3O4. The molecule has 7 nitrogen and oxygen atoms in total. The topological polar surface area (TPSA) is 93.3 Å². The molecule has 2 N–H and O–H groups in total. The Hall–Kier alpha value is -2.88. The Kier molecular flexibility index (Phi) is 6.56. The minimum Gasteiger partial charge on any atom is -0.462 e. The lowest BCUT2D eigenvalue weighted by Gasteiger charge is -2.15. The van der Waals surface area contributed by atoms with Crippen LogP contribution in [-0.4, -0.2) is 36.2 Å². The highest BCUT2D eigenvalue weighted by atomic mass is 19.4. The SMILES string of the molecule is COCCOc1nc(C(=O)NC(C)c2ccc(C(F)(F)F)cc2)cc(=O)[nH]1. The monoisotopic (exact) mass is 385 g/mol. The van der Waals surface area contributed by atoms with E-state index in [4.69, 9.17) is 9.47 Å². The zero-order valence-electron chi connectivity index (χ0n) is 14.6. The molecule has 1 aromatic carbocycles. The molecule has 27 heavy (non-hydrogen) atoms. The fourth-order valence-electron chi connectivity index (χ4n) is 2.16. The summed E-state index contributed by atoms with van der Waals surface area (Å²) in [5, 5.41) is 2.58. The number of hydrogen-bond donors (Lipinski definition) is 2. The summed E-state index contributed by atoms with van der Waals surface area (Å²) in [6, 6.07) is 4.69. The number of ether oxygens (including phenoxy) is 2. The molecular weight excluding hydrogens is 367 g/mol.